The van der Waals surface area contributed by atoms with Gasteiger partial charge in [0.25, 0.3) is 12.3 Å². The van der Waals surface area contributed by atoms with Gasteiger partial charge >= 0.3 is 0 Å². The predicted molar refractivity (Wildman–Crippen MR) is 82.2 cm³/mol. The maximum Gasteiger partial charge on any atom is 0.284 e. The molecule has 0 radical (unpaired) electrons. The van der Waals surface area contributed by atoms with E-state index in [4.69, 9.17) is 4.74 Å². The molecule has 2 aromatic heterocycles. The Labute approximate surface area is 137 Å². The summed E-state index contributed by atoms with van der Waals surface area (Å²) in [5.41, 5.74) is 0.616. The minimum atomic E-state index is -2.76. The summed E-state index contributed by atoms with van der Waals surface area (Å²) in [5.74, 6) is -0.475. The highest BCUT2D eigenvalue weighted by atomic mass is 19.3. The lowest BCUT2D eigenvalue weighted by Gasteiger charge is -2.23. The van der Waals surface area contributed by atoms with Crippen LogP contribution in [0.3, 0.4) is 0 Å². The molecule has 1 saturated heterocycles. The molecular formula is C15H19F2N5O2. The second-order valence-corrected chi connectivity index (χ2v) is 5.82. The third-order valence-electron chi connectivity index (χ3n) is 3.94. The maximum absolute atomic E-state index is 13.0. The zero-order valence-corrected chi connectivity index (χ0v) is 13.5. The van der Waals surface area contributed by atoms with Crippen molar-refractivity contribution >= 4 is 11.6 Å². The Balaban J connectivity index is 1.85. The van der Waals surface area contributed by atoms with Crippen molar-refractivity contribution in [3.8, 4) is 0 Å². The molecule has 0 spiro atoms. The molecule has 0 aliphatic carbocycles. The average molecular weight is 339 g/mol. The molecule has 3 rings (SSSR count). The second-order valence-electron chi connectivity index (χ2n) is 5.82. The summed E-state index contributed by atoms with van der Waals surface area (Å²) in [6.07, 6.45) is 0.123. The number of alkyl halides is 2. The number of amides is 1. The number of nitrogens with one attached hydrogen (secondary N) is 1. The van der Waals surface area contributed by atoms with E-state index in [0.29, 0.717) is 24.6 Å². The number of nitrogens with zero attached hydrogens (tertiary/aromatic N) is 4. The van der Waals surface area contributed by atoms with Gasteiger partial charge in [0.1, 0.15) is 5.69 Å². The molecule has 0 aromatic carbocycles. The van der Waals surface area contributed by atoms with Crippen molar-refractivity contribution in [2.45, 2.75) is 32.2 Å². The molecular weight excluding hydrogens is 320 g/mol. The van der Waals surface area contributed by atoms with Crippen molar-refractivity contribution in [3.63, 3.8) is 0 Å². The van der Waals surface area contributed by atoms with E-state index in [9.17, 15) is 13.6 Å². The van der Waals surface area contributed by atoms with Crippen LogP contribution in [0.4, 0.5) is 14.5 Å². The van der Waals surface area contributed by atoms with E-state index >= 15 is 0 Å². The number of rotatable bonds is 4. The molecule has 1 N–H and O–H groups in total. The monoisotopic (exact) mass is 339 g/mol. The van der Waals surface area contributed by atoms with E-state index in [1.54, 1.807) is 17.7 Å². The normalized spacial score (nSPS) is 15.9. The number of aromatic nitrogens is 4. The molecule has 1 fully saturated rings. The van der Waals surface area contributed by atoms with Gasteiger partial charge in [-0.05, 0) is 25.8 Å². The molecule has 130 valence electrons. The van der Waals surface area contributed by atoms with Gasteiger partial charge in [0, 0.05) is 26.5 Å². The van der Waals surface area contributed by atoms with Crippen LogP contribution in [0.5, 0.6) is 0 Å². The Morgan fingerprint density at radius 3 is 2.75 bits per heavy atom. The molecule has 1 aliphatic heterocycles. The van der Waals surface area contributed by atoms with Gasteiger partial charge in [-0.3, -0.25) is 14.2 Å². The summed E-state index contributed by atoms with van der Waals surface area (Å²) >= 11 is 0. The van der Waals surface area contributed by atoms with Crippen LogP contribution in [0.2, 0.25) is 0 Å². The third kappa shape index (κ3) is 3.30. The van der Waals surface area contributed by atoms with E-state index < -0.39 is 18.0 Å². The number of hydrogen-bond donors (Lipinski definition) is 1. The Hall–Kier alpha value is -2.29. The first-order valence-electron chi connectivity index (χ1n) is 7.72. The van der Waals surface area contributed by atoms with Gasteiger partial charge < -0.3 is 10.1 Å². The molecule has 1 amide bonds. The number of carbonyl (C=O) groups excluding carboxylic acids is 1. The van der Waals surface area contributed by atoms with E-state index in [1.807, 2.05) is 0 Å². The summed E-state index contributed by atoms with van der Waals surface area (Å²) in [6, 6.07) is 1.72. The molecule has 9 heteroatoms. The van der Waals surface area contributed by atoms with Crippen LogP contribution in [0.25, 0.3) is 0 Å². The third-order valence-corrected chi connectivity index (χ3v) is 3.94. The Kier molecular flexibility index (Phi) is 4.61. The van der Waals surface area contributed by atoms with Gasteiger partial charge in [-0.25, -0.2) is 8.78 Å². The molecule has 0 bridgehead atoms. The van der Waals surface area contributed by atoms with E-state index in [2.05, 4.69) is 15.5 Å². The molecule has 1 aliphatic rings. The Morgan fingerprint density at radius 2 is 2.08 bits per heavy atom. The van der Waals surface area contributed by atoms with Crippen molar-refractivity contribution in [2.24, 2.45) is 7.05 Å². The topological polar surface area (TPSA) is 74.0 Å². The van der Waals surface area contributed by atoms with Crippen molar-refractivity contribution in [3.05, 3.63) is 29.3 Å². The SMILES string of the molecule is Cc1cc(C(=O)Nc2cn(C)nc2C(F)F)n(C2CCOCC2)n1. The summed E-state index contributed by atoms with van der Waals surface area (Å²) in [4.78, 5) is 12.6. The lowest BCUT2D eigenvalue weighted by Crippen LogP contribution is -2.25. The first-order valence-corrected chi connectivity index (χ1v) is 7.72. The van der Waals surface area contributed by atoms with Gasteiger partial charge in [0.05, 0.1) is 17.4 Å². The standard InChI is InChI=1S/C15H19F2N5O2/c1-9-7-12(22(19-9)10-3-5-24-6-4-10)15(23)18-11-8-21(2)20-13(11)14(16)17/h7-8,10,14H,3-6H2,1-2H3,(H,18,23). The van der Waals surface area contributed by atoms with Crippen LogP contribution in [0.1, 0.15) is 47.2 Å². The summed E-state index contributed by atoms with van der Waals surface area (Å²) in [5, 5.41) is 10.6. The zero-order chi connectivity index (χ0) is 17.3. The predicted octanol–water partition coefficient (Wildman–Crippen LogP) is 2.47. The van der Waals surface area contributed by atoms with E-state index in [0.717, 1.165) is 12.8 Å². The molecule has 0 unspecified atom stereocenters. The molecule has 0 saturated carbocycles. The molecule has 2 aromatic rings. The minimum Gasteiger partial charge on any atom is -0.381 e. The summed E-state index contributed by atoms with van der Waals surface area (Å²) < 4.78 is 34.3. The Bertz CT molecular complexity index is 734. The van der Waals surface area contributed by atoms with Gasteiger partial charge in [-0.2, -0.15) is 10.2 Å². The van der Waals surface area contributed by atoms with Gasteiger partial charge in [-0.1, -0.05) is 0 Å². The number of anilines is 1. The number of ether oxygens (including phenoxy) is 1. The Morgan fingerprint density at radius 1 is 1.38 bits per heavy atom. The second kappa shape index (κ2) is 6.68. The maximum atomic E-state index is 13.0. The molecule has 7 nitrogen and oxygen atoms in total. The largest absolute Gasteiger partial charge is 0.381 e. The van der Waals surface area contributed by atoms with Crippen LogP contribution in [-0.2, 0) is 11.8 Å². The lowest BCUT2D eigenvalue weighted by atomic mass is 10.1. The molecule has 0 atom stereocenters. The molecule has 3 heterocycles. The minimum absolute atomic E-state index is 0.00915. The van der Waals surface area contributed by atoms with Crippen LogP contribution < -0.4 is 5.32 Å². The number of aryl methyl sites for hydroxylation is 2. The van der Waals surface area contributed by atoms with Gasteiger partial charge in [0.2, 0.25) is 0 Å². The zero-order valence-electron chi connectivity index (χ0n) is 13.5. The summed E-state index contributed by atoms with van der Waals surface area (Å²) in [6.45, 7) is 3.02. The van der Waals surface area contributed by atoms with Gasteiger partial charge in [-0.15, -0.1) is 0 Å². The highest BCUT2D eigenvalue weighted by molar-refractivity contribution is 6.03. The van der Waals surface area contributed by atoms with Gasteiger partial charge in [0.15, 0.2) is 5.69 Å². The van der Waals surface area contributed by atoms with Crippen LogP contribution >= 0.6 is 0 Å². The van der Waals surface area contributed by atoms with Crippen molar-refractivity contribution in [2.75, 3.05) is 18.5 Å². The van der Waals surface area contributed by atoms with Crippen LogP contribution in [0.15, 0.2) is 12.3 Å². The van der Waals surface area contributed by atoms with E-state index in [-0.39, 0.29) is 11.7 Å². The number of halogens is 2. The van der Waals surface area contributed by atoms with Crippen LogP contribution in [0, 0.1) is 6.92 Å². The quantitative estimate of drug-likeness (QED) is 0.929. The van der Waals surface area contributed by atoms with Crippen LogP contribution in [-0.4, -0.2) is 38.7 Å². The average Bonchev–Trinajstić information content (AvgIpc) is 3.11. The number of carbonyl (C=O) groups is 1. The van der Waals surface area contributed by atoms with E-state index in [1.165, 1.54) is 17.9 Å². The summed E-state index contributed by atoms with van der Waals surface area (Å²) in [7, 11) is 1.53. The fraction of sp³-hybridized carbons (Fsp3) is 0.533. The first kappa shape index (κ1) is 16.6. The van der Waals surface area contributed by atoms with Crippen molar-refractivity contribution < 1.29 is 18.3 Å². The molecule has 24 heavy (non-hydrogen) atoms. The smallest absolute Gasteiger partial charge is 0.284 e. The first-order chi connectivity index (χ1) is 11.5. The van der Waals surface area contributed by atoms with Crippen molar-refractivity contribution in [1.82, 2.24) is 19.6 Å². The number of hydrogen-bond acceptors (Lipinski definition) is 4. The highest BCUT2D eigenvalue weighted by Crippen LogP contribution is 2.27. The lowest BCUT2D eigenvalue weighted by molar-refractivity contribution is 0.0646. The van der Waals surface area contributed by atoms with Crippen molar-refractivity contribution in [1.29, 1.82) is 0 Å². The fourth-order valence-electron chi connectivity index (χ4n) is 2.84. The fourth-order valence-corrected chi connectivity index (χ4v) is 2.84. The highest BCUT2D eigenvalue weighted by Gasteiger charge is 2.25.